The van der Waals surface area contributed by atoms with Crippen LogP contribution in [0.1, 0.15) is 11.8 Å². The van der Waals surface area contributed by atoms with Crippen molar-refractivity contribution in [2.75, 3.05) is 0 Å². The highest BCUT2D eigenvalue weighted by atomic mass is 79.9. The van der Waals surface area contributed by atoms with E-state index in [1.165, 1.54) is 0 Å². The summed E-state index contributed by atoms with van der Waals surface area (Å²) < 4.78 is 0.861. The molecule has 1 atom stereocenters. The first-order chi connectivity index (χ1) is 7.09. The van der Waals surface area contributed by atoms with Crippen LogP contribution in [0.25, 0.3) is 10.9 Å². The van der Waals surface area contributed by atoms with Gasteiger partial charge in [-0.25, -0.2) is 4.79 Å². The fourth-order valence-corrected chi connectivity index (χ4v) is 1.90. The van der Waals surface area contributed by atoms with Gasteiger partial charge in [-0.15, -0.1) is 0 Å². The van der Waals surface area contributed by atoms with Crippen molar-refractivity contribution in [1.82, 2.24) is 4.98 Å². The Balaban J connectivity index is 2.56. The average molecular weight is 270 g/mol. The van der Waals surface area contributed by atoms with Crippen molar-refractivity contribution in [3.8, 4) is 0 Å². The van der Waals surface area contributed by atoms with Crippen molar-refractivity contribution in [2.24, 2.45) is 0 Å². The molecule has 15 heavy (non-hydrogen) atoms. The molecule has 4 nitrogen and oxygen atoms in total. The van der Waals surface area contributed by atoms with Crippen LogP contribution < -0.4 is 0 Å². The molecule has 1 heterocycles. The number of carboxylic acid groups (broad SMARTS) is 1. The van der Waals surface area contributed by atoms with Crippen LogP contribution >= 0.6 is 15.9 Å². The molecule has 0 amide bonds. The first kappa shape index (κ1) is 10.2. The van der Waals surface area contributed by atoms with Crippen LogP contribution in [0, 0.1) is 0 Å². The van der Waals surface area contributed by atoms with E-state index in [1.807, 2.05) is 18.2 Å². The second kappa shape index (κ2) is 3.67. The number of carboxylic acids is 1. The number of fused-ring (bicyclic) bond motifs is 1. The Kier molecular flexibility index (Phi) is 2.50. The summed E-state index contributed by atoms with van der Waals surface area (Å²) in [6.45, 7) is 0. The molecular formula is C10H8BrNO3. The second-order valence-electron chi connectivity index (χ2n) is 3.17. The molecule has 1 aromatic heterocycles. The fourth-order valence-electron chi connectivity index (χ4n) is 1.42. The van der Waals surface area contributed by atoms with Crippen molar-refractivity contribution < 1.29 is 15.0 Å². The standard InChI is InChI=1S/C10H8BrNO3/c11-6-2-1-3-7-5(6)4-8(12-7)9(13)10(14)15/h1-4,9,12-13H,(H,14,15). The monoisotopic (exact) mass is 269 g/mol. The first-order valence-electron chi connectivity index (χ1n) is 4.27. The Labute approximate surface area is 93.7 Å². The van der Waals surface area contributed by atoms with Crippen molar-refractivity contribution in [2.45, 2.75) is 6.10 Å². The van der Waals surface area contributed by atoms with Gasteiger partial charge in [0.1, 0.15) is 0 Å². The first-order valence-corrected chi connectivity index (χ1v) is 5.07. The fraction of sp³-hybridized carbons (Fsp3) is 0.100. The molecule has 2 aromatic rings. The Hall–Kier alpha value is -1.33. The summed E-state index contributed by atoms with van der Waals surface area (Å²) >= 11 is 3.35. The molecule has 3 N–H and O–H groups in total. The maximum absolute atomic E-state index is 10.6. The molecular weight excluding hydrogens is 262 g/mol. The van der Waals surface area contributed by atoms with Gasteiger partial charge in [-0.05, 0) is 18.2 Å². The highest BCUT2D eigenvalue weighted by Gasteiger charge is 2.18. The normalized spacial score (nSPS) is 12.9. The van der Waals surface area contributed by atoms with E-state index in [-0.39, 0.29) is 5.69 Å². The average Bonchev–Trinajstić information content (AvgIpc) is 2.61. The number of halogens is 1. The molecule has 0 aliphatic carbocycles. The SMILES string of the molecule is O=C(O)C(O)c1cc2c(Br)cccc2[nH]1. The number of H-pyrrole nitrogens is 1. The Bertz CT molecular complexity index is 520. The van der Waals surface area contributed by atoms with Crippen LogP contribution in [0.5, 0.6) is 0 Å². The molecule has 5 heteroatoms. The lowest BCUT2D eigenvalue weighted by Crippen LogP contribution is -2.10. The highest BCUT2D eigenvalue weighted by molar-refractivity contribution is 9.10. The smallest absolute Gasteiger partial charge is 0.338 e. The molecule has 1 aromatic carbocycles. The van der Waals surface area contributed by atoms with Gasteiger partial charge >= 0.3 is 5.97 Å². The quantitative estimate of drug-likeness (QED) is 0.781. The number of benzene rings is 1. The van der Waals surface area contributed by atoms with E-state index in [0.29, 0.717) is 0 Å². The number of aromatic amines is 1. The van der Waals surface area contributed by atoms with Crippen LogP contribution in [0.2, 0.25) is 0 Å². The van der Waals surface area contributed by atoms with Crippen molar-refractivity contribution >= 4 is 32.8 Å². The van der Waals surface area contributed by atoms with Crippen LogP contribution in [0.4, 0.5) is 0 Å². The van der Waals surface area contributed by atoms with Crippen molar-refractivity contribution in [1.29, 1.82) is 0 Å². The van der Waals surface area contributed by atoms with E-state index in [1.54, 1.807) is 6.07 Å². The molecule has 2 rings (SSSR count). The molecule has 0 aliphatic rings. The number of aliphatic hydroxyl groups is 1. The molecule has 78 valence electrons. The minimum atomic E-state index is -1.51. The molecule has 0 saturated carbocycles. The molecule has 0 bridgehead atoms. The zero-order valence-electron chi connectivity index (χ0n) is 7.57. The number of hydrogen-bond donors (Lipinski definition) is 3. The zero-order valence-corrected chi connectivity index (χ0v) is 9.15. The van der Waals surface area contributed by atoms with Crippen LogP contribution in [-0.2, 0) is 4.79 Å². The lowest BCUT2D eigenvalue weighted by atomic mass is 10.2. The number of rotatable bonds is 2. The van der Waals surface area contributed by atoms with Gasteiger partial charge in [0.05, 0.1) is 5.69 Å². The van der Waals surface area contributed by atoms with Gasteiger partial charge in [-0.3, -0.25) is 0 Å². The summed E-state index contributed by atoms with van der Waals surface area (Å²) in [5.41, 5.74) is 1.07. The number of hydrogen-bond acceptors (Lipinski definition) is 2. The molecule has 0 radical (unpaired) electrons. The lowest BCUT2D eigenvalue weighted by Gasteiger charge is -2.00. The third kappa shape index (κ3) is 1.75. The lowest BCUT2D eigenvalue weighted by molar-refractivity contribution is -0.147. The van der Waals surface area contributed by atoms with E-state index in [4.69, 9.17) is 5.11 Å². The number of nitrogens with one attached hydrogen (secondary N) is 1. The number of carbonyl (C=O) groups is 1. The number of aliphatic hydroxyl groups excluding tert-OH is 1. The third-order valence-corrected chi connectivity index (χ3v) is 2.85. The van der Waals surface area contributed by atoms with Gasteiger partial charge in [0.2, 0.25) is 0 Å². The van der Waals surface area contributed by atoms with E-state index in [9.17, 15) is 9.90 Å². The summed E-state index contributed by atoms with van der Waals surface area (Å²) in [7, 11) is 0. The molecule has 0 saturated heterocycles. The van der Waals surface area contributed by atoms with E-state index in [2.05, 4.69) is 20.9 Å². The summed E-state index contributed by atoms with van der Waals surface area (Å²) in [6.07, 6.45) is -1.51. The minimum absolute atomic E-state index is 0.282. The Morgan fingerprint density at radius 1 is 1.47 bits per heavy atom. The van der Waals surface area contributed by atoms with Gasteiger partial charge < -0.3 is 15.2 Å². The summed E-state index contributed by atoms with van der Waals surface area (Å²) in [5, 5.41) is 18.8. The summed E-state index contributed by atoms with van der Waals surface area (Å²) in [6, 6.07) is 7.13. The number of aliphatic carboxylic acids is 1. The Morgan fingerprint density at radius 2 is 2.20 bits per heavy atom. The second-order valence-corrected chi connectivity index (χ2v) is 4.02. The molecule has 1 unspecified atom stereocenters. The van der Waals surface area contributed by atoms with Gasteiger partial charge in [-0.1, -0.05) is 22.0 Å². The van der Waals surface area contributed by atoms with Gasteiger partial charge in [0.15, 0.2) is 6.10 Å². The highest BCUT2D eigenvalue weighted by Crippen LogP contribution is 2.26. The zero-order chi connectivity index (χ0) is 11.0. The van der Waals surface area contributed by atoms with Crippen LogP contribution in [0.15, 0.2) is 28.7 Å². The molecule has 0 fully saturated rings. The maximum Gasteiger partial charge on any atom is 0.338 e. The summed E-state index contributed by atoms with van der Waals surface area (Å²) in [4.78, 5) is 13.4. The van der Waals surface area contributed by atoms with E-state index in [0.717, 1.165) is 15.4 Å². The van der Waals surface area contributed by atoms with Crippen LogP contribution in [-0.4, -0.2) is 21.2 Å². The molecule has 0 aliphatic heterocycles. The third-order valence-electron chi connectivity index (χ3n) is 2.16. The largest absolute Gasteiger partial charge is 0.479 e. The van der Waals surface area contributed by atoms with Gasteiger partial charge in [0.25, 0.3) is 0 Å². The van der Waals surface area contributed by atoms with Crippen LogP contribution in [0.3, 0.4) is 0 Å². The maximum atomic E-state index is 10.6. The predicted molar refractivity (Wildman–Crippen MR) is 58.6 cm³/mol. The van der Waals surface area contributed by atoms with Gasteiger partial charge in [-0.2, -0.15) is 0 Å². The predicted octanol–water partition coefficient (Wildman–Crippen LogP) is 2.05. The van der Waals surface area contributed by atoms with E-state index >= 15 is 0 Å². The van der Waals surface area contributed by atoms with Crippen molar-refractivity contribution in [3.63, 3.8) is 0 Å². The minimum Gasteiger partial charge on any atom is -0.479 e. The van der Waals surface area contributed by atoms with E-state index < -0.39 is 12.1 Å². The van der Waals surface area contributed by atoms with Gasteiger partial charge in [0, 0.05) is 15.4 Å². The van der Waals surface area contributed by atoms with Crippen molar-refractivity contribution in [3.05, 3.63) is 34.4 Å². The number of aromatic nitrogens is 1. The summed E-state index contributed by atoms with van der Waals surface area (Å²) in [5.74, 6) is -1.27. The topological polar surface area (TPSA) is 73.3 Å². The molecule has 0 spiro atoms. The Morgan fingerprint density at radius 3 is 2.80 bits per heavy atom.